The minimum Gasteiger partial charge on any atom is -0.395 e. The number of aliphatic hydroxyl groups excluding tert-OH is 1. The number of anilines is 1. The van der Waals surface area contributed by atoms with Crippen LogP contribution < -0.4 is 5.32 Å². The van der Waals surface area contributed by atoms with Gasteiger partial charge in [0.15, 0.2) is 0 Å². The van der Waals surface area contributed by atoms with Gasteiger partial charge in [-0.2, -0.15) is 0 Å². The van der Waals surface area contributed by atoms with Crippen LogP contribution >= 0.6 is 11.6 Å². The molecule has 0 aliphatic carbocycles. The standard InChI is InChI=1S/C16H25ClN2O2/c1-3-15(4-2)19(10-11-20)9-8-16(21)18-14-7-5-6-13(17)12-14/h5-7,12,15,20H,3-4,8-11H2,1-2H3,(H,18,21). The van der Waals surface area contributed by atoms with E-state index in [-0.39, 0.29) is 12.5 Å². The number of amides is 1. The van der Waals surface area contributed by atoms with Crippen LogP contribution in [0.5, 0.6) is 0 Å². The van der Waals surface area contributed by atoms with Crippen molar-refractivity contribution in [2.45, 2.75) is 39.2 Å². The molecule has 0 spiro atoms. The van der Waals surface area contributed by atoms with E-state index in [0.29, 0.717) is 36.3 Å². The summed E-state index contributed by atoms with van der Waals surface area (Å²) in [5.74, 6) is -0.0360. The molecule has 0 aromatic heterocycles. The van der Waals surface area contributed by atoms with Crippen molar-refractivity contribution in [1.82, 2.24) is 4.90 Å². The Balaban J connectivity index is 2.49. The molecule has 0 saturated heterocycles. The molecule has 0 aliphatic rings. The second-order valence-corrected chi connectivity index (χ2v) is 5.47. The van der Waals surface area contributed by atoms with Gasteiger partial charge in [0.1, 0.15) is 0 Å². The van der Waals surface area contributed by atoms with Gasteiger partial charge in [-0.3, -0.25) is 9.69 Å². The summed E-state index contributed by atoms with van der Waals surface area (Å²) in [6.45, 7) is 5.64. The van der Waals surface area contributed by atoms with Crippen molar-refractivity contribution in [3.63, 3.8) is 0 Å². The van der Waals surface area contributed by atoms with Crippen molar-refractivity contribution >= 4 is 23.2 Å². The molecule has 0 saturated carbocycles. The number of halogens is 1. The van der Waals surface area contributed by atoms with Crippen LogP contribution in [0.2, 0.25) is 5.02 Å². The fourth-order valence-corrected chi connectivity index (χ4v) is 2.64. The van der Waals surface area contributed by atoms with Crippen LogP contribution in [0.3, 0.4) is 0 Å². The first-order valence-corrected chi connectivity index (χ1v) is 7.88. The average molecular weight is 313 g/mol. The quantitative estimate of drug-likeness (QED) is 0.736. The van der Waals surface area contributed by atoms with Gasteiger partial charge in [-0.05, 0) is 31.0 Å². The number of rotatable bonds is 9. The Morgan fingerprint density at radius 1 is 1.33 bits per heavy atom. The normalized spacial score (nSPS) is 11.1. The Bertz CT molecular complexity index is 436. The van der Waals surface area contributed by atoms with E-state index in [1.807, 2.05) is 6.07 Å². The number of hydrogen-bond acceptors (Lipinski definition) is 3. The summed E-state index contributed by atoms with van der Waals surface area (Å²) in [6, 6.07) is 7.53. The highest BCUT2D eigenvalue weighted by Gasteiger charge is 2.15. The summed E-state index contributed by atoms with van der Waals surface area (Å²) in [4.78, 5) is 14.2. The van der Waals surface area contributed by atoms with Gasteiger partial charge in [0, 0.05) is 36.3 Å². The maximum absolute atomic E-state index is 12.0. The predicted molar refractivity (Wildman–Crippen MR) is 87.7 cm³/mol. The van der Waals surface area contributed by atoms with Gasteiger partial charge in [0.05, 0.1) is 6.61 Å². The second kappa shape index (κ2) is 9.77. The molecule has 118 valence electrons. The summed E-state index contributed by atoms with van der Waals surface area (Å²) < 4.78 is 0. The summed E-state index contributed by atoms with van der Waals surface area (Å²) in [6.07, 6.45) is 2.45. The van der Waals surface area contributed by atoms with Gasteiger partial charge in [0.2, 0.25) is 5.91 Å². The van der Waals surface area contributed by atoms with E-state index in [1.165, 1.54) is 0 Å². The molecule has 0 aliphatic heterocycles. The van der Waals surface area contributed by atoms with Crippen molar-refractivity contribution in [3.8, 4) is 0 Å². The summed E-state index contributed by atoms with van der Waals surface area (Å²) in [5.41, 5.74) is 0.712. The third kappa shape index (κ3) is 6.46. The lowest BCUT2D eigenvalue weighted by molar-refractivity contribution is -0.116. The molecule has 0 fully saturated rings. The van der Waals surface area contributed by atoms with Crippen LogP contribution in [-0.2, 0) is 4.79 Å². The number of benzene rings is 1. The molecule has 1 rings (SSSR count). The lowest BCUT2D eigenvalue weighted by atomic mass is 10.1. The van der Waals surface area contributed by atoms with Crippen molar-refractivity contribution < 1.29 is 9.90 Å². The van der Waals surface area contributed by atoms with E-state index in [4.69, 9.17) is 16.7 Å². The maximum Gasteiger partial charge on any atom is 0.225 e. The van der Waals surface area contributed by atoms with Crippen LogP contribution in [0.1, 0.15) is 33.1 Å². The van der Waals surface area contributed by atoms with Gasteiger partial charge in [0.25, 0.3) is 0 Å². The first kappa shape index (κ1) is 18.0. The zero-order valence-corrected chi connectivity index (χ0v) is 13.6. The van der Waals surface area contributed by atoms with Crippen molar-refractivity contribution in [3.05, 3.63) is 29.3 Å². The van der Waals surface area contributed by atoms with Crippen LogP contribution in [0.25, 0.3) is 0 Å². The summed E-state index contributed by atoms with van der Waals surface area (Å²) in [7, 11) is 0. The number of carbonyl (C=O) groups is 1. The van der Waals surface area contributed by atoms with E-state index >= 15 is 0 Å². The van der Waals surface area contributed by atoms with Gasteiger partial charge in [-0.1, -0.05) is 31.5 Å². The highest BCUT2D eigenvalue weighted by molar-refractivity contribution is 6.30. The molecule has 0 heterocycles. The summed E-state index contributed by atoms with van der Waals surface area (Å²) in [5, 5.41) is 12.6. The van der Waals surface area contributed by atoms with Gasteiger partial charge in [-0.15, -0.1) is 0 Å². The molecule has 0 atom stereocenters. The van der Waals surface area contributed by atoms with Crippen LogP contribution in [0, 0.1) is 0 Å². The third-order valence-electron chi connectivity index (χ3n) is 3.58. The van der Waals surface area contributed by atoms with Crippen molar-refractivity contribution in [2.24, 2.45) is 0 Å². The molecule has 2 N–H and O–H groups in total. The molecule has 0 unspecified atom stereocenters. The number of aliphatic hydroxyl groups is 1. The van der Waals surface area contributed by atoms with Crippen LogP contribution in [0.15, 0.2) is 24.3 Å². The number of carbonyl (C=O) groups excluding carboxylic acids is 1. The number of hydrogen-bond donors (Lipinski definition) is 2. The maximum atomic E-state index is 12.0. The minimum absolute atomic E-state index is 0.0360. The molecule has 0 radical (unpaired) electrons. The monoisotopic (exact) mass is 312 g/mol. The summed E-state index contributed by atoms with van der Waals surface area (Å²) >= 11 is 5.89. The zero-order valence-electron chi connectivity index (χ0n) is 12.8. The molecular weight excluding hydrogens is 288 g/mol. The molecular formula is C16H25ClN2O2. The van der Waals surface area contributed by atoms with Gasteiger partial charge in [-0.25, -0.2) is 0 Å². The molecule has 5 heteroatoms. The van der Waals surface area contributed by atoms with E-state index in [0.717, 1.165) is 12.8 Å². The molecule has 1 aromatic rings. The van der Waals surface area contributed by atoms with E-state index < -0.39 is 0 Å². The Labute approximate surface area is 132 Å². The topological polar surface area (TPSA) is 52.6 Å². The zero-order chi connectivity index (χ0) is 15.7. The SMILES string of the molecule is CCC(CC)N(CCO)CCC(=O)Nc1cccc(Cl)c1. The molecule has 4 nitrogen and oxygen atoms in total. The largest absolute Gasteiger partial charge is 0.395 e. The molecule has 21 heavy (non-hydrogen) atoms. The third-order valence-corrected chi connectivity index (χ3v) is 3.82. The highest BCUT2D eigenvalue weighted by Crippen LogP contribution is 2.15. The highest BCUT2D eigenvalue weighted by atomic mass is 35.5. The first-order chi connectivity index (χ1) is 10.1. The lowest BCUT2D eigenvalue weighted by Gasteiger charge is -2.29. The second-order valence-electron chi connectivity index (χ2n) is 5.04. The van der Waals surface area contributed by atoms with Crippen LogP contribution in [-0.4, -0.2) is 41.7 Å². The molecule has 0 bridgehead atoms. The lowest BCUT2D eigenvalue weighted by Crippen LogP contribution is -2.38. The fraction of sp³-hybridized carbons (Fsp3) is 0.562. The Morgan fingerprint density at radius 3 is 2.62 bits per heavy atom. The van der Waals surface area contributed by atoms with E-state index in [9.17, 15) is 4.79 Å². The van der Waals surface area contributed by atoms with E-state index in [1.54, 1.807) is 18.2 Å². The molecule has 1 aromatic carbocycles. The smallest absolute Gasteiger partial charge is 0.225 e. The Kier molecular flexibility index (Phi) is 8.35. The first-order valence-electron chi connectivity index (χ1n) is 7.51. The fourth-order valence-electron chi connectivity index (χ4n) is 2.45. The van der Waals surface area contributed by atoms with Gasteiger partial charge < -0.3 is 10.4 Å². The van der Waals surface area contributed by atoms with Gasteiger partial charge >= 0.3 is 0 Å². The molecule has 1 amide bonds. The minimum atomic E-state index is -0.0360. The van der Waals surface area contributed by atoms with E-state index in [2.05, 4.69) is 24.1 Å². The number of nitrogens with one attached hydrogen (secondary N) is 1. The van der Waals surface area contributed by atoms with Crippen molar-refractivity contribution in [1.29, 1.82) is 0 Å². The average Bonchev–Trinajstić information content (AvgIpc) is 2.46. The predicted octanol–water partition coefficient (Wildman–Crippen LogP) is 3.15. The van der Waals surface area contributed by atoms with Crippen molar-refractivity contribution in [2.75, 3.05) is 25.0 Å². The number of nitrogens with zero attached hydrogens (tertiary/aromatic N) is 1. The Hall–Kier alpha value is -1.10. The van der Waals surface area contributed by atoms with Crippen LogP contribution in [0.4, 0.5) is 5.69 Å². The Morgan fingerprint density at radius 2 is 2.05 bits per heavy atom.